The van der Waals surface area contributed by atoms with Crippen LogP contribution in [0.1, 0.15) is 118 Å². The number of likely N-dealkylation sites (N-methyl/N-ethyl adjacent to an activating group) is 4. The zero-order chi connectivity index (χ0) is 72.8. The second-order valence-corrected chi connectivity index (χ2v) is 31.0. The van der Waals surface area contributed by atoms with E-state index in [0.717, 1.165) is 128 Å². The van der Waals surface area contributed by atoms with Gasteiger partial charge >= 0.3 is 0 Å². The zero-order valence-corrected chi connectivity index (χ0v) is 62.7. The van der Waals surface area contributed by atoms with Crippen molar-refractivity contribution < 1.29 is 29.2 Å². The molecule has 2 unspecified atom stereocenters. The SMILES string of the molecule is CCN1CCc2c(c3cc(C)ccc3n2CC(O)c2ccc(C)cc2)C1.CN1CCc2c(c3cc(Cl)ccc3n2C[C@@](C)(O)c2ccc(F)cc2)C1.CN1CCc2c(c3cc(Cl)ccc3n2C[C@](C)(O)c2ccc(F)cc2)C1.Cc1ccc2c(c1)c1c(n2CC(C)(O)c2ccccc2)CCN(C)C1. The molecule has 12 nitrogen and oxygen atoms in total. The second-order valence-electron chi connectivity index (χ2n) is 30.1. The van der Waals surface area contributed by atoms with Crippen LogP contribution in [0.2, 0.25) is 10.0 Å². The first-order valence-corrected chi connectivity index (χ1v) is 37.1. The lowest BCUT2D eigenvalue weighted by molar-refractivity contribution is 0.0380. The number of nitrogens with zero attached hydrogens (tertiary/aromatic N) is 8. The Kier molecular flexibility index (Phi) is 21.5. The lowest BCUT2D eigenvalue weighted by atomic mass is 9.95. The number of aryl methyl sites for hydroxylation is 3. The summed E-state index contributed by atoms with van der Waals surface area (Å²) >= 11 is 12.5. The number of halogens is 4. The molecule has 0 radical (unpaired) electrons. The summed E-state index contributed by atoms with van der Waals surface area (Å²) < 4.78 is 35.6. The summed E-state index contributed by atoms with van der Waals surface area (Å²) in [5.41, 5.74) is 19.5. The van der Waals surface area contributed by atoms with E-state index in [2.05, 4.69) is 135 Å². The van der Waals surface area contributed by atoms with Crippen molar-refractivity contribution in [2.75, 3.05) is 53.9 Å². The molecule has 4 aliphatic heterocycles. The van der Waals surface area contributed by atoms with Gasteiger partial charge in [0.25, 0.3) is 0 Å². The number of hydrogen-bond acceptors (Lipinski definition) is 8. The van der Waals surface area contributed by atoms with Gasteiger partial charge in [0, 0.05) is 154 Å². The Balaban J connectivity index is 0.000000122. The number of aliphatic hydroxyl groups is 4. The fourth-order valence-electron chi connectivity index (χ4n) is 16.1. The number of aliphatic hydroxyl groups excluding tert-OH is 1. The van der Waals surface area contributed by atoms with E-state index in [1.165, 1.54) is 108 Å². The number of benzene rings is 8. The third-order valence-electron chi connectivity index (χ3n) is 21.9. The van der Waals surface area contributed by atoms with Crippen molar-refractivity contribution in [2.24, 2.45) is 0 Å². The van der Waals surface area contributed by atoms with Crippen LogP contribution in [0.15, 0.2) is 176 Å². The van der Waals surface area contributed by atoms with Gasteiger partial charge in [0.05, 0.1) is 32.3 Å². The smallest absolute Gasteiger partial charge is 0.123 e. The van der Waals surface area contributed by atoms with Gasteiger partial charge in [-0.3, -0.25) is 4.90 Å². The Morgan fingerprint density at radius 1 is 0.408 bits per heavy atom. The highest BCUT2D eigenvalue weighted by Crippen LogP contribution is 2.40. The summed E-state index contributed by atoms with van der Waals surface area (Å²) in [4.78, 5) is 9.48. The van der Waals surface area contributed by atoms with Crippen LogP contribution in [-0.4, -0.2) is 112 Å². The highest BCUT2D eigenvalue weighted by atomic mass is 35.5. The van der Waals surface area contributed by atoms with Crippen LogP contribution >= 0.6 is 23.2 Å². The van der Waals surface area contributed by atoms with Crippen molar-refractivity contribution in [1.29, 1.82) is 0 Å². The summed E-state index contributed by atoms with van der Waals surface area (Å²) in [6.45, 7) is 25.1. The quantitative estimate of drug-likeness (QED) is 0.0903. The van der Waals surface area contributed by atoms with Gasteiger partial charge in [-0.25, -0.2) is 8.78 Å². The number of aromatic nitrogens is 4. The van der Waals surface area contributed by atoms with E-state index in [1.807, 2.05) is 85.8 Å². The van der Waals surface area contributed by atoms with E-state index < -0.39 is 22.9 Å². The molecule has 4 aliphatic rings. The first kappa shape index (κ1) is 73.4. The van der Waals surface area contributed by atoms with Crippen molar-refractivity contribution in [3.63, 3.8) is 0 Å². The molecule has 8 heterocycles. The average molecular weight is 1430 g/mol. The largest absolute Gasteiger partial charge is 0.387 e. The maximum atomic E-state index is 13.3. The van der Waals surface area contributed by atoms with Crippen molar-refractivity contribution in [2.45, 2.75) is 149 Å². The van der Waals surface area contributed by atoms with Crippen LogP contribution in [0.3, 0.4) is 0 Å². The van der Waals surface area contributed by atoms with E-state index in [1.54, 1.807) is 38.1 Å². The number of fused-ring (bicyclic) bond motifs is 12. The molecule has 4 N–H and O–H groups in total. The average Bonchev–Trinajstić information content (AvgIpc) is 1.62. The molecule has 0 saturated carbocycles. The van der Waals surface area contributed by atoms with Crippen molar-refractivity contribution in [3.8, 4) is 0 Å². The minimum absolute atomic E-state index is 0.300. The van der Waals surface area contributed by atoms with Crippen LogP contribution < -0.4 is 0 Å². The van der Waals surface area contributed by atoms with Gasteiger partial charge in [0.2, 0.25) is 0 Å². The Morgan fingerprint density at radius 3 is 1.16 bits per heavy atom. The fourth-order valence-corrected chi connectivity index (χ4v) is 16.5. The fraction of sp³-hybridized carbons (Fsp3) is 0.356. The van der Waals surface area contributed by atoms with Crippen molar-refractivity contribution >= 4 is 66.8 Å². The monoisotopic (exact) mass is 1430 g/mol. The first-order chi connectivity index (χ1) is 49.2. The predicted octanol–water partition coefficient (Wildman–Crippen LogP) is 16.9. The second kappa shape index (κ2) is 30.3. The van der Waals surface area contributed by atoms with Crippen LogP contribution in [0.5, 0.6) is 0 Å². The molecule has 12 aromatic rings. The standard InChI is InChI=1S/C23H28N2O.C22H26N2O.2C21H22ClFN2O/c1-4-24-12-11-22-20(14-24)19-13-17(3)7-10-21(19)25(22)15-23(26)18-8-5-16(2)6-9-18;1-16-9-10-20-18(13-16)19-14-23(3)12-11-21(19)24(20)15-22(2,25)17-7-5-4-6-8-17;2*1-21(26,14-3-6-16(23)7-4-14)13-25-19-8-5-15(22)11-17(19)18-12-24(2)10-9-20(18)25/h5-10,13,23,26H,4,11-12,14-15H2,1-3H3;4-10,13,25H,11-12,14-15H2,1-3H3;2*3-8,11,26H,9-10,12-13H2,1-2H3/t;;2*21-/m..10/s1. The topological polar surface area (TPSA) is 114 Å². The molecule has 0 spiro atoms. The lowest BCUT2D eigenvalue weighted by Gasteiger charge is -2.29. The molecule has 103 heavy (non-hydrogen) atoms. The van der Waals surface area contributed by atoms with Crippen molar-refractivity contribution in [3.05, 3.63) is 282 Å². The molecule has 0 amide bonds. The summed E-state index contributed by atoms with van der Waals surface area (Å²) in [6, 6.07) is 55.6. The van der Waals surface area contributed by atoms with Crippen LogP contribution in [-0.2, 0) is 94.8 Å². The molecule has 4 aromatic heterocycles. The molecule has 0 saturated heterocycles. The van der Waals surface area contributed by atoms with Crippen LogP contribution in [0, 0.1) is 32.4 Å². The van der Waals surface area contributed by atoms with Gasteiger partial charge in [0.15, 0.2) is 0 Å². The van der Waals surface area contributed by atoms with E-state index in [4.69, 9.17) is 23.2 Å². The maximum Gasteiger partial charge on any atom is 0.123 e. The van der Waals surface area contributed by atoms with Gasteiger partial charge in [-0.1, -0.05) is 138 Å². The molecular formula is C87H98Cl2F2N8O4. The molecule has 538 valence electrons. The number of rotatable bonds is 13. The molecule has 0 bridgehead atoms. The van der Waals surface area contributed by atoms with E-state index in [-0.39, 0.29) is 11.6 Å². The Morgan fingerprint density at radius 2 is 0.748 bits per heavy atom. The summed E-state index contributed by atoms with van der Waals surface area (Å²) in [7, 11) is 6.42. The van der Waals surface area contributed by atoms with Crippen molar-refractivity contribution in [1.82, 2.24) is 37.9 Å². The molecule has 8 aromatic carbocycles. The third-order valence-corrected chi connectivity index (χ3v) is 22.4. The predicted molar refractivity (Wildman–Crippen MR) is 416 cm³/mol. The normalized spacial score (nSPS) is 17.0. The van der Waals surface area contributed by atoms with Crippen LogP contribution in [0.25, 0.3) is 43.6 Å². The molecule has 4 atom stereocenters. The zero-order valence-electron chi connectivity index (χ0n) is 61.2. The van der Waals surface area contributed by atoms with E-state index in [0.29, 0.717) is 37.3 Å². The molecule has 0 aliphatic carbocycles. The van der Waals surface area contributed by atoms with Crippen LogP contribution in [0.4, 0.5) is 8.78 Å². The first-order valence-electron chi connectivity index (χ1n) is 36.3. The minimum atomic E-state index is -1.10. The van der Waals surface area contributed by atoms with Gasteiger partial charge in [-0.05, 0) is 199 Å². The molecule has 16 heteroatoms. The third kappa shape index (κ3) is 15.7. The summed E-state index contributed by atoms with van der Waals surface area (Å²) in [6.07, 6.45) is 3.46. The summed E-state index contributed by atoms with van der Waals surface area (Å²) in [5.74, 6) is -0.600. The summed E-state index contributed by atoms with van der Waals surface area (Å²) in [5, 5.41) is 50.8. The van der Waals surface area contributed by atoms with Gasteiger partial charge in [-0.15, -0.1) is 0 Å². The Labute approximate surface area is 615 Å². The molecule has 16 rings (SSSR count). The maximum absolute atomic E-state index is 13.3. The highest BCUT2D eigenvalue weighted by molar-refractivity contribution is 6.31. The minimum Gasteiger partial charge on any atom is -0.387 e. The van der Waals surface area contributed by atoms with Gasteiger partial charge < -0.3 is 53.4 Å². The lowest BCUT2D eigenvalue weighted by Crippen LogP contribution is -2.31. The molecular weight excluding hydrogens is 1330 g/mol. The highest BCUT2D eigenvalue weighted by Gasteiger charge is 2.34. The van der Waals surface area contributed by atoms with E-state index in [9.17, 15) is 29.2 Å². The van der Waals surface area contributed by atoms with Gasteiger partial charge in [0.1, 0.15) is 28.4 Å². The van der Waals surface area contributed by atoms with Gasteiger partial charge in [-0.2, -0.15) is 0 Å². The Bertz CT molecular complexity index is 4860. The molecule has 0 fully saturated rings. The Hall–Kier alpha value is -7.96. The number of hydrogen-bond donors (Lipinski definition) is 4. The van der Waals surface area contributed by atoms with E-state index >= 15 is 0 Å².